The standard InChI is InChI=1S/C15H15F3N4O2/c1-13(2)10-11(14(3,4)24-13)20-21-12(19-10)9-7-8(15(16,17)18)5-6-22(9)23/h5-7H,1-4H3. The first-order valence-corrected chi connectivity index (χ1v) is 7.18. The van der Waals surface area contributed by atoms with Gasteiger partial charge < -0.3 is 9.94 Å². The van der Waals surface area contributed by atoms with Gasteiger partial charge in [-0.2, -0.15) is 17.9 Å². The minimum absolute atomic E-state index is 0.177. The van der Waals surface area contributed by atoms with Crippen LogP contribution in [0.2, 0.25) is 0 Å². The van der Waals surface area contributed by atoms with E-state index in [1.807, 2.05) is 0 Å². The van der Waals surface area contributed by atoms with E-state index in [1.54, 1.807) is 27.7 Å². The first-order chi connectivity index (χ1) is 10.9. The third-order valence-electron chi connectivity index (χ3n) is 3.81. The van der Waals surface area contributed by atoms with Crippen molar-refractivity contribution in [1.82, 2.24) is 15.2 Å². The summed E-state index contributed by atoms with van der Waals surface area (Å²) in [7, 11) is 0. The van der Waals surface area contributed by atoms with E-state index in [1.165, 1.54) is 0 Å². The van der Waals surface area contributed by atoms with Crippen molar-refractivity contribution in [2.24, 2.45) is 0 Å². The third kappa shape index (κ3) is 2.58. The molecule has 0 saturated heterocycles. The number of nitrogens with zero attached hydrogens (tertiary/aromatic N) is 4. The average molecular weight is 340 g/mol. The van der Waals surface area contributed by atoms with Gasteiger partial charge in [0.25, 0.3) is 5.69 Å². The molecule has 0 N–H and O–H groups in total. The van der Waals surface area contributed by atoms with Gasteiger partial charge in [-0.25, -0.2) is 4.98 Å². The van der Waals surface area contributed by atoms with Gasteiger partial charge in [0.2, 0.25) is 5.82 Å². The summed E-state index contributed by atoms with van der Waals surface area (Å²) in [5, 5.41) is 19.8. The van der Waals surface area contributed by atoms with Crippen LogP contribution in [0.15, 0.2) is 18.3 Å². The summed E-state index contributed by atoms with van der Waals surface area (Å²) in [6.07, 6.45) is -3.79. The van der Waals surface area contributed by atoms with E-state index in [2.05, 4.69) is 15.2 Å². The third-order valence-corrected chi connectivity index (χ3v) is 3.81. The maximum atomic E-state index is 12.9. The summed E-state index contributed by atoms with van der Waals surface area (Å²) in [5.74, 6) is -0.177. The molecule has 24 heavy (non-hydrogen) atoms. The van der Waals surface area contributed by atoms with Gasteiger partial charge in [-0.3, -0.25) is 0 Å². The highest BCUT2D eigenvalue weighted by molar-refractivity contribution is 5.47. The van der Waals surface area contributed by atoms with Crippen molar-refractivity contribution < 1.29 is 22.6 Å². The van der Waals surface area contributed by atoms with Crippen LogP contribution in [0.25, 0.3) is 11.5 Å². The normalized spacial score (nSPS) is 18.5. The zero-order valence-electron chi connectivity index (χ0n) is 13.5. The number of halogens is 3. The molecule has 1 aliphatic rings. The average Bonchev–Trinajstić information content (AvgIpc) is 2.63. The second-order valence-electron chi connectivity index (χ2n) is 6.58. The summed E-state index contributed by atoms with van der Waals surface area (Å²) in [6.45, 7) is 7.15. The molecule has 0 atom stereocenters. The lowest BCUT2D eigenvalue weighted by atomic mass is 10.0. The smallest absolute Gasteiger partial charge is 0.416 e. The van der Waals surface area contributed by atoms with E-state index in [0.717, 1.165) is 6.20 Å². The number of fused-ring (bicyclic) bond motifs is 1. The molecule has 0 aliphatic carbocycles. The fourth-order valence-corrected chi connectivity index (χ4v) is 2.82. The van der Waals surface area contributed by atoms with Crippen LogP contribution in [0, 0.1) is 5.21 Å². The monoisotopic (exact) mass is 340 g/mol. The van der Waals surface area contributed by atoms with E-state index in [-0.39, 0.29) is 16.2 Å². The lowest BCUT2D eigenvalue weighted by Crippen LogP contribution is -2.31. The first kappa shape index (κ1) is 16.6. The molecule has 2 aromatic rings. The van der Waals surface area contributed by atoms with E-state index < -0.39 is 22.9 Å². The number of hydrogen-bond acceptors (Lipinski definition) is 5. The van der Waals surface area contributed by atoms with Gasteiger partial charge >= 0.3 is 6.18 Å². The van der Waals surface area contributed by atoms with Crippen LogP contribution in [0.3, 0.4) is 0 Å². The van der Waals surface area contributed by atoms with Crippen LogP contribution < -0.4 is 4.73 Å². The molecule has 0 saturated carbocycles. The number of pyridine rings is 1. The molecule has 1 aliphatic heterocycles. The fraction of sp³-hybridized carbons (Fsp3) is 0.467. The maximum absolute atomic E-state index is 12.9. The summed E-state index contributed by atoms with van der Waals surface area (Å²) >= 11 is 0. The van der Waals surface area contributed by atoms with E-state index in [0.29, 0.717) is 23.5 Å². The fourth-order valence-electron chi connectivity index (χ4n) is 2.82. The van der Waals surface area contributed by atoms with Crippen LogP contribution in [-0.4, -0.2) is 15.2 Å². The Hall–Kier alpha value is -2.29. The SMILES string of the molecule is CC1(C)OC(C)(C)c2nc(-c3cc(C(F)(F)F)cc[n+]3[O-])nnc21. The Balaban J connectivity index is 2.17. The highest BCUT2D eigenvalue weighted by Gasteiger charge is 2.47. The van der Waals surface area contributed by atoms with Crippen molar-refractivity contribution in [2.75, 3.05) is 0 Å². The van der Waals surface area contributed by atoms with Crippen molar-refractivity contribution >= 4 is 0 Å². The minimum Gasteiger partial charge on any atom is -0.618 e. The predicted molar refractivity (Wildman–Crippen MR) is 76.4 cm³/mol. The van der Waals surface area contributed by atoms with Gasteiger partial charge in [0.1, 0.15) is 22.6 Å². The van der Waals surface area contributed by atoms with Gasteiger partial charge in [-0.05, 0) is 27.7 Å². The zero-order valence-corrected chi connectivity index (χ0v) is 13.5. The van der Waals surface area contributed by atoms with Gasteiger partial charge in [0, 0.05) is 12.1 Å². The van der Waals surface area contributed by atoms with E-state index >= 15 is 0 Å². The van der Waals surface area contributed by atoms with Crippen LogP contribution in [0.5, 0.6) is 0 Å². The molecule has 0 aromatic carbocycles. The van der Waals surface area contributed by atoms with Crippen LogP contribution in [-0.2, 0) is 22.1 Å². The highest BCUT2D eigenvalue weighted by atomic mass is 19.4. The van der Waals surface area contributed by atoms with Crippen LogP contribution in [0.4, 0.5) is 13.2 Å². The number of alkyl halides is 3. The van der Waals surface area contributed by atoms with E-state index in [9.17, 15) is 18.4 Å². The molecule has 2 aromatic heterocycles. The number of hydrogen-bond donors (Lipinski definition) is 0. The molecule has 3 rings (SSSR count). The van der Waals surface area contributed by atoms with Gasteiger partial charge in [-0.15, -0.1) is 10.2 Å². The topological polar surface area (TPSA) is 74.8 Å². The number of rotatable bonds is 1. The molecule has 0 radical (unpaired) electrons. The summed E-state index contributed by atoms with van der Waals surface area (Å²) in [4.78, 5) is 4.27. The molecular formula is C15H15F3N4O2. The lowest BCUT2D eigenvalue weighted by Gasteiger charge is -2.23. The molecule has 6 nitrogen and oxygen atoms in total. The Labute approximate surface area is 135 Å². The Morgan fingerprint density at radius 3 is 2.33 bits per heavy atom. The molecule has 9 heteroatoms. The summed E-state index contributed by atoms with van der Waals surface area (Å²) in [5.41, 5.74) is -1.84. The first-order valence-electron chi connectivity index (χ1n) is 7.18. The molecule has 3 heterocycles. The Bertz CT molecular complexity index is 819. The van der Waals surface area contributed by atoms with E-state index in [4.69, 9.17) is 4.74 Å². The maximum Gasteiger partial charge on any atom is 0.416 e. The molecule has 0 bridgehead atoms. The predicted octanol–water partition coefficient (Wildman–Crippen LogP) is 2.69. The summed E-state index contributed by atoms with van der Waals surface area (Å²) < 4.78 is 44.8. The minimum atomic E-state index is -4.57. The second kappa shape index (κ2) is 4.85. The molecule has 0 amide bonds. The highest BCUT2D eigenvalue weighted by Crippen LogP contribution is 2.44. The van der Waals surface area contributed by atoms with Crippen molar-refractivity contribution in [3.63, 3.8) is 0 Å². The molecule has 128 valence electrons. The van der Waals surface area contributed by atoms with Crippen LogP contribution >= 0.6 is 0 Å². The molecule has 0 fully saturated rings. The Morgan fingerprint density at radius 2 is 1.71 bits per heavy atom. The summed E-state index contributed by atoms with van der Waals surface area (Å²) in [6, 6.07) is 1.41. The molecule has 0 spiro atoms. The van der Waals surface area contributed by atoms with Crippen LogP contribution in [0.1, 0.15) is 44.6 Å². The van der Waals surface area contributed by atoms with Crippen molar-refractivity contribution in [2.45, 2.75) is 45.1 Å². The Kier molecular flexibility index (Phi) is 3.35. The lowest BCUT2D eigenvalue weighted by molar-refractivity contribution is -0.594. The number of ether oxygens (including phenoxy) is 1. The molecular weight excluding hydrogens is 325 g/mol. The zero-order chi connectivity index (χ0) is 17.9. The van der Waals surface area contributed by atoms with Gasteiger partial charge in [0.15, 0.2) is 6.20 Å². The second-order valence-corrected chi connectivity index (χ2v) is 6.58. The largest absolute Gasteiger partial charge is 0.618 e. The quantitative estimate of drug-likeness (QED) is 0.589. The van der Waals surface area contributed by atoms with Crippen molar-refractivity contribution in [3.8, 4) is 11.5 Å². The van der Waals surface area contributed by atoms with Gasteiger partial charge in [-0.1, -0.05) is 0 Å². The van der Waals surface area contributed by atoms with Crippen molar-refractivity contribution in [1.29, 1.82) is 0 Å². The number of aromatic nitrogens is 4. The Morgan fingerprint density at radius 1 is 1.08 bits per heavy atom. The molecule has 0 unspecified atom stereocenters. The van der Waals surface area contributed by atoms with Gasteiger partial charge in [0.05, 0.1) is 5.56 Å². The van der Waals surface area contributed by atoms with Crippen molar-refractivity contribution in [3.05, 3.63) is 40.5 Å².